The quantitative estimate of drug-likeness (QED) is 0.114. The van der Waals surface area contributed by atoms with Gasteiger partial charge in [0.1, 0.15) is 0 Å². The van der Waals surface area contributed by atoms with Gasteiger partial charge in [-0.2, -0.15) is 0 Å². The first-order valence-electron chi connectivity index (χ1n) is 11.8. The number of alkyl halides is 28. The zero-order valence-electron chi connectivity index (χ0n) is 23.6. The van der Waals surface area contributed by atoms with Gasteiger partial charge in [0.15, 0.2) is 0 Å². The molecule has 3 nitrogen and oxygen atoms in total. The van der Waals surface area contributed by atoms with Gasteiger partial charge >= 0.3 is 273 Å². The van der Waals surface area contributed by atoms with Crippen LogP contribution in [0, 0.1) is 0 Å². The second-order valence-electron chi connectivity index (χ2n) is 10.0. The van der Waals surface area contributed by atoms with Crippen molar-refractivity contribution in [3.05, 3.63) is 0 Å². The molecule has 0 aliphatic heterocycles. The molecule has 0 bridgehead atoms. The Morgan fingerprint density at radius 3 is 0.529 bits per heavy atom. The first-order chi connectivity index (χ1) is 21.7. The summed E-state index contributed by atoms with van der Waals surface area (Å²) in [6.45, 7) is 0. The van der Waals surface area contributed by atoms with E-state index in [-0.39, 0.29) is 0 Å². The predicted molar refractivity (Wildman–Crippen MR) is 109 cm³/mol. The molecule has 0 saturated carbocycles. The molecule has 0 unspecified atom stereocenters. The summed E-state index contributed by atoms with van der Waals surface area (Å²) in [4.78, 5) is 0. The molecule has 0 rings (SSSR count). The number of rotatable bonds is 16. The van der Waals surface area contributed by atoms with Gasteiger partial charge in [-0.15, -0.1) is 0 Å². The standard InChI is InChI=1S/4C4H2F7.2CH3O.O.2Sn/c4*5-2(6)3(7,8)1-4(9,10)11;2*1-2;;;/h4*1H2;2*1H3;;;/q;;;;2*-1;;2*+1. The van der Waals surface area contributed by atoms with Gasteiger partial charge in [0.05, 0.1) is 0 Å². The van der Waals surface area contributed by atoms with Crippen molar-refractivity contribution < 1.29 is 130 Å². The van der Waals surface area contributed by atoms with Gasteiger partial charge in [-0.25, -0.2) is 0 Å². The maximum absolute atomic E-state index is 15.3. The summed E-state index contributed by atoms with van der Waals surface area (Å²) in [5.41, 5.74) is 0. The van der Waals surface area contributed by atoms with Crippen molar-refractivity contribution in [2.24, 2.45) is 0 Å². The van der Waals surface area contributed by atoms with Crippen LogP contribution < -0.4 is 0 Å². The van der Waals surface area contributed by atoms with Crippen molar-refractivity contribution in [3.8, 4) is 0 Å². The third-order valence-corrected chi connectivity index (χ3v) is 35.6. The fourth-order valence-electron chi connectivity index (χ4n) is 3.86. The summed E-state index contributed by atoms with van der Waals surface area (Å²) in [7, 11) is -2.73. The second-order valence-corrected chi connectivity index (χ2v) is 31.1. The summed E-state index contributed by atoms with van der Waals surface area (Å²) in [5.74, 6) is -31.4. The van der Waals surface area contributed by atoms with E-state index in [4.69, 9.17) is 0 Å². The Hall–Kier alpha value is -0.483. The molecule has 0 fully saturated rings. The average molecular weight is 1050 g/mol. The molecule has 0 saturated heterocycles. The molecule has 0 aromatic carbocycles. The summed E-state index contributed by atoms with van der Waals surface area (Å²) < 4.78 is 365. The molecule has 0 aromatic rings. The minimum atomic E-state index is -12.0. The van der Waals surface area contributed by atoms with Crippen molar-refractivity contribution in [1.82, 2.24) is 0 Å². The third kappa shape index (κ3) is 9.67. The summed E-state index contributed by atoms with van der Waals surface area (Å²) in [6.07, 6.45) is -47.0. The number of hydrogen-bond acceptors (Lipinski definition) is 3. The monoisotopic (exact) mass is 1050 g/mol. The molecule has 0 amide bonds. The van der Waals surface area contributed by atoms with Crippen molar-refractivity contribution >= 4 is 38.4 Å². The molecule has 0 atom stereocenters. The van der Waals surface area contributed by atoms with Crippen LogP contribution in [0.1, 0.15) is 25.7 Å². The summed E-state index contributed by atoms with van der Waals surface area (Å²) in [6, 6.07) is 0. The van der Waals surface area contributed by atoms with E-state index in [1.54, 1.807) is 0 Å². The summed E-state index contributed by atoms with van der Waals surface area (Å²) >= 11 is -23.9. The summed E-state index contributed by atoms with van der Waals surface area (Å²) in [5, 5.41) is 0. The van der Waals surface area contributed by atoms with Crippen LogP contribution in [0.2, 0.25) is 0 Å². The van der Waals surface area contributed by atoms with E-state index in [1.165, 1.54) is 0 Å². The van der Waals surface area contributed by atoms with Crippen LogP contribution in [0.5, 0.6) is 0 Å². The molecule has 0 N–H and O–H groups in total. The molecular weight excluding hydrogens is 1030 g/mol. The molecule has 51 heavy (non-hydrogen) atoms. The van der Waals surface area contributed by atoms with Gasteiger partial charge in [-0.1, -0.05) is 0 Å². The van der Waals surface area contributed by atoms with Gasteiger partial charge in [0.25, 0.3) is 0 Å². The normalized spacial score (nSPS) is 16.6. The second kappa shape index (κ2) is 14.2. The van der Waals surface area contributed by atoms with Gasteiger partial charge in [0, 0.05) is 0 Å². The van der Waals surface area contributed by atoms with Crippen LogP contribution in [0.3, 0.4) is 0 Å². The van der Waals surface area contributed by atoms with E-state index >= 15 is 35.1 Å². The minimum absolute atomic E-state index is 1.37. The Balaban J connectivity index is 9.08. The van der Waals surface area contributed by atoms with Crippen LogP contribution in [-0.2, 0) is 7.56 Å². The predicted octanol–water partition coefficient (Wildman–Crippen LogP) is 10.2. The number of halogens is 28. The van der Waals surface area contributed by atoms with Gasteiger partial charge in [0.2, 0.25) is 0 Å². The van der Waals surface area contributed by atoms with E-state index in [9.17, 15) is 87.8 Å². The fraction of sp³-hybridized carbons (Fsp3) is 1.00. The Labute approximate surface area is 272 Å². The van der Waals surface area contributed by atoms with Gasteiger partial charge in [-0.3, -0.25) is 0 Å². The topological polar surface area (TPSA) is 27.7 Å². The Morgan fingerprint density at radius 2 is 0.431 bits per heavy atom. The van der Waals surface area contributed by atoms with E-state index in [2.05, 4.69) is 7.56 Å². The zero-order chi connectivity index (χ0) is 41.9. The fourth-order valence-corrected chi connectivity index (χ4v) is 39.4. The number of hydrogen-bond donors (Lipinski definition) is 0. The molecule has 0 aliphatic carbocycles. The van der Waals surface area contributed by atoms with E-state index in [0.717, 1.165) is 0 Å². The van der Waals surface area contributed by atoms with Crippen molar-refractivity contribution in [2.75, 3.05) is 14.2 Å². The average Bonchev–Trinajstić information content (AvgIpc) is 2.77. The van der Waals surface area contributed by atoms with Crippen molar-refractivity contribution in [2.45, 2.75) is 89.8 Å². The first kappa shape index (κ1) is 50.5. The van der Waals surface area contributed by atoms with Crippen molar-refractivity contribution in [3.63, 3.8) is 0 Å². The van der Waals surface area contributed by atoms with E-state index in [0.29, 0.717) is 0 Å². The molecule has 0 radical (unpaired) electrons. The first-order valence-corrected chi connectivity index (χ1v) is 22.1. The molecule has 33 heteroatoms. The molecule has 308 valence electrons. The van der Waals surface area contributed by atoms with Crippen LogP contribution in [-0.4, -0.2) is 117 Å². The molecule has 0 heterocycles. The van der Waals surface area contributed by atoms with Crippen LogP contribution >= 0.6 is 0 Å². The Morgan fingerprint density at radius 1 is 0.294 bits per heavy atom. The van der Waals surface area contributed by atoms with E-state index < -0.39 is 142 Å². The molecular formula is C18H14F28O3Sn2. The van der Waals surface area contributed by atoms with Crippen LogP contribution in [0.25, 0.3) is 0 Å². The zero-order valence-corrected chi connectivity index (χ0v) is 29.3. The Bertz CT molecular complexity index is 1010. The molecule has 0 aliphatic rings. The van der Waals surface area contributed by atoms with Gasteiger partial charge in [-0.05, 0) is 0 Å². The molecule has 0 spiro atoms. The van der Waals surface area contributed by atoms with Crippen LogP contribution in [0.4, 0.5) is 123 Å². The SMILES string of the molecule is C[O][Sn]([O][Sn]([O]C)([C](F)(F)C(F)(F)CC(F)(F)F)[C](F)(F)C(F)(F)CC(F)(F)F)([C](F)(F)C(F)(F)CC(F)(F)F)[C](F)(F)C(F)(F)CC(F)(F)F. The third-order valence-electron chi connectivity index (χ3n) is 6.04. The maximum atomic E-state index is 15.3. The Kier molecular flexibility index (Phi) is 14.1. The molecule has 0 aromatic heterocycles. The van der Waals surface area contributed by atoms with E-state index in [1.807, 2.05) is 0 Å². The van der Waals surface area contributed by atoms with Crippen molar-refractivity contribution in [1.29, 1.82) is 0 Å². The van der Waals surface area contributed by atoms with Crippen LogP contribution in [0.15, 0.2) is 0 Å². The van der Waals surface area contributed by atoms with Gasteiger partial charge < -0.3 is 0 Å².